The Balaban J connectivity index is 0.999. The topological polar surface area (TPSA) is 268 Å². The number of nitrogens with zero attached hydrogens (tertiary/aromatic N) is 17. The summed E-state index contributed by atoms with van der Waals surface area (Å²) in [6.07, 6.45) is -0.131. The zero-order valence-corrected chi connectivity index (χ0v) is 42.1. The van der Waals surface area contributed by atoms with Crippen LogP contribution in [0.5, 0.6) is 0 Å². The Morgan fingerprint density at radius 2 is 1.33 bits per heavy atom. The lowest BCUT2D eigenvalue weighted by Crippen LogP contribution is -2.47. The zero-order chi connectivity index (χ0) is 54.3. The summed E-state index contributed by atoms with van der Waals surface area (Å²) in [7, 11) is -5.81. The predicted octanol–water partition coefficient (Wildman–Crippen LogP) is 5.67. The summed E-state index contributed by atoms with van der Waals surface area (Å²) in [5.41, 5.74) is -3.29. The molecule has 396 valence electrons. The third kappa shape index (κ3) is 10.7. The Morgan fingerprint density at radius 1 is 0.737 bits per heavy atom. The number of sulfonamides is 2. The van der Waals surface area contributed by atoms with Crippen LogP contribution in [0.4, 0.5) is 38.2 Å². The maximum absolute atomic E-state index is 14.7. The fourth-order valence-corrected chi connectivity index (χ4v) is 11.7. The number of rotatable bonds is 14. The van der Waals surface area contributed by atoms with Gasteiger partial charge in [-0.1, -0.05) is 0 Å². The minimum atomic E-state index is -4.95. The molecule has 2 aliphatic heterocycles. The summed E-state index contributed by atoms with van der Waals surface area (Å²) in [6, 6.07) is 8.99. The molecule has 2 saturated heterocycles. The highest BCUT2D eigenvalue weighted by atomic mass is 32.2. The number of aryl methyl sites for hydroxylation is 1. The molecule has 0 atom stereocenters. The van der Waals surface area contributed by atoms with Crippen molar-refractivity contribution in [2.24, 2.45) is 7.05 Å². The van der Waals surface area contributed by atoms with Crippen LogP contribution in [0.3, 0.4) is 0 Å². The average molecular weight is 1090 g/mol. The normalized spacial score (nSPS) is 15.6. The third-order valence-electron chi connectivity index (χ3n) is 13.1. The summed E-state index contributed by atoms with van der Waals surface area (Å²) in [6.45, 7) is 3.30. The summed E-state index contributed by atoms with van der Waals surface area (Å²) < 4.78 is 147. The van der Waals surface area contributed by atoms with E-state index in [2.05, 4.69) is 50.3 Å². The van der Waals surface area contributed by atoms with Crippen molar-refractivity contribution in [1.29, 1.82) is 10.5 Å². The highest BCUT2D eigenvalue weighted by molar-refractivity contribution is 7.89. The number of piperidine rings is 2. The van der Waals surface area contributed by atoms with Crippen molar-refractivity contribution in [3.05, 3.63) is 108 Å². The second kappa shape index (κ2) is 20.7. The monoisotopic (exact) mass is 1090 g/mol. The van der Waals surface area contributed by atoms with Gasteiger partial charge in [-0.2, -0.15) is 46.3 Å². The van der Waals surface area contributed by atoms with Crippen LogP contribution in [0.25, 0.3) is 34.2 Å². The summed E-state index contributed by atoms with van der Waals surface area (Å²) in [5.74, 6) is -0.511. The molecule has 0 radical (unpaired) electrons. The molecule has 0 saturated carbocycles. The molecule has 1 N–H and O–H groups in total. The van der Waals surface area contributed by atoms with Gasteiger partial charge in [-0.05, 0) is 63.8 Å². The van der Waals surface area contributed by atoms with Gasteiger partial charge in [0.1, 0.15) is 63.6 Å². The smallest absolute Gasteiger partial charge is 0.351 e. The van der Waals surface area contributed by atoms with Crippen molar-refractivity contribution in [3.8, 4) is 46.3 Å². The number of nitriles is 2. The molecule has 0 aliphatic carbocycles. The second-order valence-corrected chi connectivity index (χ2v) is 21.8. The number of anilines is 2. The molecule has 22 nitrogen and oxygen atoms in total. The molecule has 9 rings (SSSR count). The van der Waals surface area contributed by atoms with E-state index in [1.807, 2.05) is 12.1 Å². The number of hydrogen-bond acceptors (Lipinski definition) is 17. The van der Waals surface area contributed by atoms with Crippen LogP contribution in [-0.4, -0.2) is 128 Å². The fourth-order valence-electron chi connectivity index (χ4n) is 8.93. The fraction of sp³-hybridized carbons (Fsp3) is 0.370. The van der Waals surface area contributed by atoms with Gasteiger partial charge in [-0.25, -0.2) is 61.0 Å². The van der Waals surface area contributed by atoms with Crippen molar-refractivity contribution >= 4 is 31.9 Å². The third-order valence-corrected chi connectivity index (χ3v) is 17.0. The standard InChI is InChI=1S/C46H44F6N18O4S2/c1-4-75(71,72)68-16-11-31(12-17-68)70(44-57-21-33(46(50,51)52)42(64-44)37-25-66(26-59-37)38-6-5-13-55-34(38)18-53)23-30-7-8-39(35(19-54)61-30)67-24-36(58-27-67)41-32(45(47,48)49)20-56-43(63-41)62-29-9-14-69(15-10-29)76(73,74)40-22-60-65(3)28(40)2/h5-8,13,20-22,24-27,29,31H,4,9-12,14-17,23H2,1-3H3,(H,56,62,63). The Hall–Kier alpha value is -7.93. The molecule has 0 unspecified atom stereocenters. The van der Waals surface area contributed by atoms with E-state index in [1.54, 1.807) is 24.9 Å². The summed E-state index contributed by atoms with van der Waals surface area (Å²) in [4.78, 5) is 35.3. The van der Waals surface area contributed by atoms with Gasteiger partial charge in [0.15, 0.2) is 11.4 Å². The molecule has 0 amide bonds. The minimum Gasteiger partial charge on any atom is -0.351 e. The number of aromatic nitrogens is 12. The number of imidazole rings is 2. The maximum Gasteiger partial charge on any atom is 0.420 e. The molecule has 7 aromatic heterocycles. The van der Waals surface area contributed by atoms with Gasteiger partial charge in [0.2, 0.25) is 31.9 Å². The van der Waals surface area contributed by atoms with Gasteiger partial charge in [0.05, 0.1) is 41.3 Å². The van der Waals surface area contributed by atoms with E-state index in [-0.39, 0.29) is 121 Å². The van der Waals surface area contributed by atoms with E-state index in [0.717, 1.165) is 0 Å². The quantitative estimate of drug-likeness (QED) is 0.129. The van der Waals surface area contributed by atoms with Crippen molar-refractivity contribution in [2.45, 2.75) is 75.4 Å². The van der Waals surface area contributed by atoms with Crippen molar-refractivity contribution in [1.82, 2.24) is 67.4 Å². The lowest BCUT2D eigenvalue weighted by molar-refractivity contribution is -0.138. The number of hydrogen-bond donors (Lipinski definition) is 1. The van der Waals surface area contributed by atoms with Crippen LogP contribution in [0.15, 0.2) is 79.0 Å². The SMILES string of the molecule is CCS(=O)(=O)N1CCC(N(Cc2ccc(-n3cnc(-c4nc(NC5CCN(S(=O)(=O)c6cnn(C)c6C)CC5)ncc4C(F)(F)F)c3)c(C#N)n2)c2ncc(C(F)(F)F)c(-c3cn(-c4cccnc4C#N)cn3)n2)CC1. The number of alkyl halides is 6. The molecule has 9 heterocycles. The Kier molecular flexibility index (Phi) is 14.4. The molecule has 0 aromatic carbocycles. The maximum atomic E-state index is 14.7. The van der Waals surface area contributed by atoms with Crippen LogP contribution in [0, 0.1) is 29.6 Å². The molecule has 2 fully saturated rings. The van der Waals surface area contributed by atoms with Gasteiger partial charge in [0.25, 0.3) is 0 Å². The summed E-state index contributed by atoms with van der Waals surface area (Å²) >= 11 is 0. The highest BCUT2D eigenvalue weighted by Gasteiger charge is 2.40. The van der Waals surface area contributed by atoms with Crippen molar-refractivity contribution in [2.75, 3.05) is 42.1 Å². The Labute approximate surface area is 430 Å². The molecule has 7 aromatic rings. The number of halogens is 6. The Morgan fingerprint density at radius 3 is 1.91 bits per heavy atom. The second-order valence-electron chi connectivity index (χ2n) is 17.7. The van der Waals surface area contributed by atoms with Gasteiger partial charge < -0.3 is 19.4 Å². The first-order valence-electron chi connectivity index (χ1n) is 23.3. The number of pyridine rings is 2. The molecule has 76 heavy (non-hydrogen) atoms. The van der Waals surface area contributed by atoms with Crippen LogP contribution in [0.1, 0.15) is 66.5 Å². The van der Waals surface area contributed by atoms with Crippen molar-refractivity contribution in [3.63, 3.8) is 0 Å². The van der Waals surface area contributed by atoms with E-state index in [9.17, 15) is 53.7 Å². The van der Waals surface area contributed by atoms with E-state index >= 15 is 0 Å². The van der Waals surface area contributed by atoms with Crippen molar-refractivity contribution < 1.29 is 43.2 Å². The average Bonchev–Trinajstić information content (AvgIpc) is 4.19. The van der Waals surface area contributed by atoms with Crippen LogP contribution in [-0.2, 0) is 46.0 Å². The first kappa shape index (κ1) is 52.9. The van der Waals surface area contributed by atoms with E-state index in [1.165, 1.54) is 85.0 Å². The molecule has 30 heteroatoms. The lowest BCUT2D eigenvalue weighted by atomic mass is 10.0. The van der Waals surface area contributed by atoms with E-state index < -0.39 is 67.0 Å². The Bertz CT molecular complexity index is 3630. The zero-order valence-electron chi connectivity index (χ0n) is 40.5. The minimum absolute atomic E-state index is 0.0131. The molecule has 0 bridgehead atoms. The van der Waals surface area contributed by atoms with E-state index in [0.29, 0.717) is 18.1 Å². The predicted molar refractivity (Wildman–Crippen MR) is 258 cm³/mol. The summed E-state index contributed by atoms with van der Waals surface area (Å²) in [5, 5.41) is 27.1. The number of nitrogens with one attached hydrogen (secondary N) is 1. The van der Waals surface area contributed by atoms with Gasteiger partial charge in [-0.15, -0.1) is 0 Å². The first-order chi connectivity index (χ1) is 36.1. The van der Waals surface area contributed by atoms with Gasteiger partial charge in [0, 0.05) is 76.3 Å². The van der Waals surface area contributed by atoms with Crippen LogP contribution < -0.4 is 10.2 Å². The largest absolute Gasteiger partial charge is 0.420 e. The van der Waals surface area contributed by atoms with Gasteiger partial charge >= 0.3 is 12.4 Å². The van der Waals surface area contributed by atoms with Crippen LogP contribution in [0.2, 0.25) is 0 Å². The molecule has 0 spiro atoms. The molecule has 2 aliphatic rings. The highest BCUT2D eigenvalue weighted by Crippen LogP contribution is 2.39. The molecular formula is C46H44F6N18O4S2. The van der Waals surface area contributed by atoms with E-state index in [4.69, 9.17) is 0 Å². The lowest BCUT2D eigenvalue weighted by Gasteiger charge is -2.38. The first-order valence-corrected chi connectivity index (χ1v) is 26.4. The molecular weight excluding hydrogens is 1050 g/mol. The van der Waals surface area contributed by atoms with Crippen LogP contribution >= 0.6 is 0 Å². The van der Waals surface area contributed by atoms with Gasteiger partial charge in [-0.3, -0.25) is 4.68 Å².